The zero-order valence-corrected chi connectivity index (χ0v) is 31.2. The molecular weight excluding hydrogens is 717 g/mol. The fourth-order valence-corrected chi connectivity index (χ4v) is 9.53. The van der Waals surface area contributed by atoms with Gasteiger partial charge < -0.3 is 8.98 Å². The molecule has 0 radical (unpaired) electrons. The number of hydrogen-bond donors (Lipinski definition) is 0. The number of benzene rings is 8. The highest BCUT2D eigenvalue weighted by atomic mass is 32.1. The van der Waals surface area contributed by atoms with Crippen molar-refractivity contribution in [1.82, 2.24) is 19.5 Å². The Kier molecular flexibility index (Phi) is 7.03. The van der Waals surface area contributed by atoms with Crippen molar-refractivity contribution in [2.24, 2.45) is 0 Å². The smallest absolute Gasteiger partial charge is 0.164 e. The first-order chi connectivity index (χ1) is 28.2. The third-order valence-electron chi connectivity index (χ3n) is 11.1. The molecule has 4 aromatic heterocycles. The van der Waals surface area contributed by atoms with Crippen molar-refractivity contribution in [2.45, 2.75) is 0 Å². The van der Waals surface area contributed by atoms with Gasteiger partial charge in [0.05, 0.1) is 11.0 Å². The summed E-state index contributed by atoms with van der Waals surface area (Å²) in [5.74, 6) is 1.89. The SMILES string of the molecule is c1ccc(-c2nc(-c3ccccc3)nc(-c3ccc4oc5ccc(-c6cccc7sc8ccc(-n9c%10ccccc%10c%10ccccc%109)cc8c67)cc5c4c3)n2)cc1. The molecule has 5 nitrogen and oxygen atoms in total. The molecule has 8 aromatic carbocycles. The molecule has 0 bridgehead atoms. The molecular formula is C51H30N4OS. The van der Waals surface area contributed by atoms with Crippen LogP contribution in [0.2, 0.25) is 0 Å². The van der Waals surface area contributed by atoms with E-state index < -0.39 is 0 Å². The predicted octanol–water partition coefficient (Wildman–Crippen LogP) is 13.9. The van der Waals surface area contributed by atoms with E-state index in [1.165, 1.54) is 47.5 Å². The number of para-hydroxylation sites is 2. The summed E-state index contributed by atoms with van der Waals surface area (Å²) in [6, 6.07) is 63.9. The highest BCUT2D eigenvalue weighted by Gasteiger charge is 2.18. The molecule has 12 aromatic rings. The molecule has 0 aliphatic heterocycles. The van der Waals surface area contributed by atoms with Crippen LogP contribution in [-0.2, 0) is 0 Å². The molecule has 0 unspecified atom stereocenters. The van der Waals surface area contributed by atoms with E-state index >= 15 is 0 Å². The maximum atomic E-state index is 6.44. The summed E-state index contributed by atoms with van der Waals surface area (Å²) in [5, 5.41) is 7.10. The third-order valence-corrected chi connectivity index (χ3v) is 12.2. The molecule has 0 N–H and O–H groups in total. The molecule has 57 heavy (non-hydrogen) atoms. The molecule has 0 saturated heterocycles. The summed E-state index contributed by atoms with van der Waals surface area (Å²) < 4.78 is 11.4. The lowest BCUT2D eigenvalue weighted by Crippen LogP contribution is -2.00. The largest absolute Gasteiger partial charge is 0.456 e. The average molecular weight is 747 g/mol. The van der Waals surface area contributed by atoms with Gasteiger partial charge in [0.1, 0.15) is 11.2 Å². The highest BCUT2D eigenvalue weighted by molar-refractivity contribution is 7.26. The number of nitrogens with zero attached hydrogens (tertiary/aromatic N) is 4. The Morgan fingerprint density at radius 3 is 1.60 bits per heavy atom. The quantitative estimate of drug-likeness (QED) is 0.176. The molecule has 12 rings (SSSR count). The first kappa shape index (κ1) is 31.9. The van der Waals surface area contributed by atoms with Gasteiger partial charge in [-0.1, -0.05) is 115 Å². The Hall–Kier alpha value is -7.41. The van der Waals surface area contributed by atoms with Crippen molar-refractivity contribution in [3.05, 3.63) is 182 Å². The first-order valence-corrected chi connectivity index (χ1v) is 19.8. The van der Waals surface area contributed by atoms with Gasteiger partial charge in [-0.15, -0.1) is 11.3 Å². The van der Waals surface area contributed by atoms with Gasteiger partial charge >= 0.3 is 0 Å². The Bertz CT molecular complexity index is 3420. The average Bonchev–Trinajstić information content (AvgIpc) is 3.95. The van der Waals surface area contributed by atoms with Gasteiger partial charge in [-0.3, -0.25) is 0 Å². The second-order valence-electron chi connectivity index (χ2n) is 14.4. The Morgan fingerprint density at radius 2 is 0.947 bits per heavy atom. The van der Waals surface area contributed by atoms with Crippen LogP contribution in [0.15, 0.2) is 186 Å². The fourth-order valence-electron chi connectivity index (χ4n) is 8.42. The first-order valence-electron chi connectivity index (χ1n) is 19.0. The summed E-state index contributed by atoms with van der Waals surface area (Å²) in [5.41, 5.74) is 10.3. The maximum Gasteiger partial charge on any atom is 0.164 e. The summed E-state index contributed by atoms with van der Waals surface area (Å²) in [7, 11) is 0. The Labute approximate surface area is 330 Å². The molecule has 266 valence electrons. The zero-order valence-electron chi connectivity index (χ0n) is 30.4. The summed E-state index contributed by atoms with van der Waals surface area (Å²) in [4.78, 5) is 14.9. The second kappa shape index (κ2) is 12.6. The highest BCUT2D eigenvalue weighted by Crippen LogP contribution is 2.43. The van der Waals surface area contributed by atoms with Crippen molar-refractivity contribution >= 4 is 75.3 Å². The lowest BCUT2D eigenvalue weighted by Gasteiger charge is -2.09. The van der Waals surface area contributed by atoms with Crippen LogP contribution in [0.3, 0.4) is 0 Å². The van der Waals surface area contributed by atoms with Crippen LogP contribution in [0.1, 0.15) is 0 Å². The van der Waals surface area contributed by atoms with Crippen LogP contribution in [0.25, 0.3) is 115 Å². The summed E-state index contributed by atoms with van der Waals surface area (Å²) >= 11 is 1.84. The van der Waals surface area contributed by atoms with Crippen molar-refractivity contribution in [3.63, 3.8) is 0 Å². The van der Waals surface area contributed by atoms with Crippen LogP contribution in [0, 0.1) is 0 Å². The van der Waals surface area contributed by atoms with Crippen LogP contribution in [0.4, 0.5) is 0 Å². The molecule has 0 aliphatic carbocycles. The zero-order chi connectivity index (χ0) is 37.5. The number of hydrogen-bond acceptors (Lipinski definition) is 5. The molecule has 0 amide bonds. The van der Waals surface area contributed by atoms with E-state index in [-0.39, 0.29) is 0 Å². The van der Waals surface area contributed by atoms with E-state index in [4.69, 9.17) is 19.4 Å². The van der Waals surface area contributed by atoms with Crippen molar-refractivity contribution in [2.75, 3.05) is 0 Å². The van der Waals surface area contributed by atoms with Gasteiger partial charge in [-0.2, -0.15) is 0 Å². The van der Waals surface area contributed by atoms with Gasteiger partial charge in [0.2, 0.25) is 0 Å². The van der Waals surface area contributed by atoms with Crippen molar-refractivity contribution in [3.8, 4) is 51.0 Å². The molecule has 0 spiro atoms. The standard InChI is InChI=1S/C51H30N4OS/c1-3-12-31(13-4-1)49-52-50(32-14-5-2-6-15-32)54-51(53-49)34-23-26-45-40(29-34)39-28-33(22-25-44(39)56-45)36-18-11-21-47-48(36)41-30-35(24-27-46(41)57-47)55-42-19-9-7-16-37(42)38-17-8-10-20-43(38)55/h1-30H. The molecule has 0 saturated carbocycles. The normalized spacial score (nSPS) is 11.9. The fraction of sp³-hybridized carbons (Fsp3) is 0. The van der Waals surface area contributed by atoms with Gasteiger partial charge in [0.25, 0.3) is 0 Å². The number of rotatable bonds is 5. The molecule has 6 heteroatoms. The minimum absolute atomic E-state index is 0.615. The molecule has 4 heterocycles. The van der Waals surface area contributed by atoms with Crippen LogP contribution in [0.5, 0.6) is 0 Å². The molecule has 0 fully saturated rings. The van der Waals surface area contributed by atoms with Crippen LogP contribution >= 0.6 is 11.3 Å². The summed E-state index contributed by atoms with van der Waals surface area (Å²) in [6.45, 7) is 0. The molecule has 0 atom stereocenters. The van der Waals surface area contributed by atoms with Gasteiger partial charge in [0.15, 0.2) is 17.5 Å². The molecule has 0 aliphatic rings. The third kappa shape index (κ3) is 5.12. The topological polar surface area (TPSA) is 56.7 Å². The van der Waals surface area contributed by atoms with Crippen LogP contribution < -0.4 is 0 Å². The monoisotopic (exact) mass is 746 g/mol. The lowest BCUT2D eigenvalue weighted by molar-refractivity contribution is 0.669. The van der Waals surface area contributed by atoms with Gasteiger partial charge in [-0.25, -0.2) is 15.0 Å². The minimum atomic E-state index is 0.615. The van der Waals surface area contributed by atoms with Crippen LogP contribution in [-0.4, -0.2) is 19.5 Å². The number of thiophene rings is 1. The number of fused-ring (bicyclic) bond motifs is 9. The van der Waals surface area contributed by atoms with Crippen molar-refractivity contribution < 1.29 is 4.42 Å². The van der Waals surface area contributed by atoms with E-state index in [2.05, 4.69) is 114 Å². The van der Waals surface area contributed by atoms with Gasteiger partial charge in [-0.05, 0) is 77.9 Å². The second-order valence-corrected chi connectivity index (χ2v) is 15.5. The van der Waals surface area contributed by atoms with E-state index in [0.717, 1.165) is 49.9 Å². The van der Waals surface area contributed by atoms with E-state index in [1.54, 1.807) is 0 Å². The Morgan fingerprint density at radius 1 is 0.386 bits per heavy atom. The van der Waals surface area contributed by atoms with E-state index in [0.29, 0.717) is 17.5 Å². The van der Waals surface area contributed by atoms with Gasteiger partial charge in [0, 0.05) is 64.1 Å². The maximum absolute atomic E-state index is 6.44. The minimum Gasteiger partial charge on any atom is -0.456 e. The Balaban J connectivity index is 1.02. The van der Waals surface area contributed by atoms with E-state index in [1.807, 2.05) is 84.1 Å². The number of aromatic nitrogens is 4. The lowest BCUT2D eigenvalue weighted by atomic mass is 9.97. The predicted molar refractivity (Wildman–Crippen MR) is 236 cm³/mol. The van der Waals surface area contributed by atoms with Crippen molar-refractivity contribution in [1.29, 1.82) is 0 Å². The summed E-state index contributed by atoms with van der Waals surface area (Å²) in [6.07, 6.45) is 0. The van der Waals surface area contributed by atoms with E-state index in [9.17, 15) is 0 Å². The number of furan rings is 1.